The van der Waals surface area contributed by atoms with E-state index in [9.17, 15) is 23.4 Å². The fraction of sp³-hybridized carbons (Fsp3) is 0.435. The Hall–Kier alpha value is -2.57. The van der Waals surface area contributed by atoms with Gasteiger partial charge in [-0.15, -0.1) is 10.8 Å². The van der Waals surface area contributed by atoms with Crippen molar-refractivity contribution in [1.29, 1.82) is 0 Å². The first-order valence-corrected chi connectivity index (χ1v) is 12.5. The average Bonchev–Trinajstić information content (AvgIpc) is 2.75. The van der Waals surface area contributed by atoms with Gasteiger partial charge in [0.1, 0.15) is 5.82 Å². The van der Waals surface area contributed by atoms with Crippen LogP contribution in [0.3, 0.4) is 0 Å². The number of benzene rings is 1. The maximum Gasteiger partial charge on any atom is 0.305 e. The monoisotopic (exact) mass is 497 g/mol. The minimum absolute atomic E-state index is 0.0701. The van der Waals surface area contributed by atoms with Gasteiger partial charge in [-0.05, 0) is 30.2 Å². The van der Waals surface area contributed by atoms with Gasteiger partial charge >= 0.3 is 5.97 Å². The topological polar surface area (TPSA) is 136 Å². The van der Waals surface area contributed by atoms with Crippen molar-refractivity contribution in [3.63, 3.8) is 0 Å². The molecule has 0 bridgehead atoms. The van der Waals surface area contributed by atoms with Gasteiger partial charge in [0.05, 0.1) is 30.0 Å². The molecule has 2 unspecified atom stereocenters. The molecule has 0 fully saturated rings. The number of aliphatic hydroxyl groups excluding tert-OH is 1. The van der Waals surface area contributed by atoms with Crippen molar-refractivity contribution in [2.75, 3.05) is 24.7 Å². The molecule has 9 nitrogen and oxygen atoms in total. The third-order valence-corrected chi connectivity index (χ3v) is 6.35. The summed E-state index contributed by atoms with van der Waals surface area (Å²) in [6.45, 7) is 3.82. The number of anilines is 1. The molecule has 1 heterocycles. The maximum absolute atomic E-state index is 13.6. The molecule has 0 spiro atoms. The number of halogens is 1. The molecule has 0 aliphatic heterocycles. The van der Waals surface area contributed by atoms with Gasteiger partial charge in [0.15, 0.2) is 0 Å². The first-order chi connectivity index (χ1) is 15.8. The van der Waals surface area contributed by atoms with E-state index in [2.05, 4.69) is 9.97 Å². The summed E-state index contributed by atoms with van der Waals surface area (Å²) < 4.78 is 40.1. The molecule has 11 heteroatoms. The second-order valence-electron chi connectivity index (χ2n) is 8.24. The van der Waals surface area contributed by atoms with E-state index >= 15 is 0 Å². The van der Waals surface area contributed by atoms with Crippen LogP contribution in [0.15, 0.2) is 30.3 Å². The van der Waals surface area contributed by atoms with Gasteiger partial charge in [0, 0.05) is 38.0 Å². The standard InChI is InChI=1S/C23H32FN3O6S/c1-14(2)21-19(11-10-17(28)12-18(33-4)13-20(29)30)22(15-6-8-16(24)9-7-15)26-23(25-21)27(3)34(5,31)32/h6-11,14,17-18,28,31-32H,12-13H2,1-5H3,(H,29,30)/b11-10+. The van der Waals surface area contributed by atoms with Gasteiger partial charge in [-0.2, -0.15) is 0 Å². The average molecular weight is 498 g/mol. The maximum atomic E-state index is 13.6. The minimum Gasteiger partial charge on any atom is -0.481 e. The summed E-state index contributed by atoms with van der Waals surface area (Å²) in [5, 5.41) is 19.5. The van der Waals surface area contributed by atoms with Crippen LogP contribution in [-0.2, 0) is 9.53 Å². The number of carboxylic acids is 1. The lowest BCUT2D eigenvalue weighted by molar-refractivity contribution is -0.140. The van der Waals surface area contributed by atoms with E-state index in [0.717, 1.165) is 0 Å². The third kappa shape index (κ3) is 7.47. The van der Waals surface area contributed by atoms with Crippen LogP contribution < -0.4 is 4.31 Å². The van der Waals surface area contributed by atoms with Crippen LogP contribution in [0.5, 0.6) is 0 Å². The zero-order chi connectivity index (χ0) is 25.6. The van der Waals surface area contributed by atoms with Crippen molar-refractivity contribution in [2.24, 2.45) is 0 Å². The number of carboxylic acid groups (broad SMARTS) is 1. The highest BCUT2D eigenvalue weighted by molar-refractivity contribution is 8.24. The Kier molecular flexibility index (Phi) is 9.54. The molecule has 34 heavy (non-hydrogen) atoms. The Morgan fingerprint density at radius 1 is 1.24 bits per heavy atom. The lowest BCUT2D eigenvalue weighted by Gasteiger charge is -2.37. The molecular weight excluding hydrogens is 465 g/mol. The smallest absolute Gasteiger partial charge is 0.305 e. The van der Waals surface area contributed by atoms with E-state index in [1.807, 2.05) is 13.8 Å². The van der Waals surface area contributed by atoms with Crippen molar-refractivity contribution < 1.29 is 33.2 Å². The summed E-state index contributed by atoms with van der Waals surface area (Å²) >= 11 is 0. The van der Waals surface area contributed by atoms with Crippen molar-refractivity contribution >= 4 is 28.8 Å². The van der Waals surface area contributed by atoms with E-state index < -0.39 is 34.8 Å². The molecule has 0 aliphatic rings. The number of aliphatic carboxylic acids is 1. The fourth-order valence-corrected chi connectivity index (χ4v) is 3.61. The predicted molar refractivity (Wildman–Crippen MR) is 131 cm³/mol. The minimum atomic E-state index is -3.14. The third-order valence-electron chi connectivity index (χ3n) is 5.15. The van der Waals surface area contributed by atoms with Gasteiger partial charge in [-0.25, -0.2) is 18.7 Å². The molecule has 0 radical (unpaired) electrons. The first kappa shape index (κ1) is 27.7. The Morgan fingerprint density at radius 3 is 2.35 bits per heavy atom. The number of ether oxygens (including phenoxy) is 1. The lowest BCUT2D eigenvalue weighted by Crippen LogP contribution is -2.24. The normalized spacial score (nSPS) is 14.4. The fourth-order valence-electron chi connectivity index (χ4n) is 3.22. The number of aromatic nitrogens is 2. The van der Waals surface area contributed by atoms with Crippen LogP contribution in [0.25, 0.3) is 17.3 Å². The molecule has 0 saturated carbocycles. The molecule has 188 valence electrons. The molecule has 0 amide bonds. The zero-order valence-corrected chi connectivity index (χ0v) is 20.7. The highest BCUT2D eigenvalue weighted by atomic mass is 32.3. The Morgan fingerprint density at radius 2 is 1.85 bits per heavy atom. The number of rotatable bonds is 11. The number of methoxy groups -OCH3 is 1. The number of aliphatic hydroxyl groups is 1. The van der Waals surface area contributed by atoms with Gasteiger partial charge in [-0.3, -0.25) is 13.9 Å². The Bertz CT molecular complexity index is 1010. The molecule has 2 rings (SSSR count). The van der Waals surface area contributed by atoms with Gasteiger partial charge in [-0.1, -0.05) is 26.0 Å². The second kappa shape index (κ2) is 11.7. The quantitative estimate of drug-likeness (QED) is 0.356. The van der Waals surface area contributed by atoms with Crippen LogP contribution in [0.4, 0.5) is 10.3 Å². The first-order valence-electron chi connectivity index (χ1n) is 10.6. The number of hydrogen-bond donors (Lipinski definition) is 4. The predicted octanol–water partition coefficient (Wildman–Crippen LogP) is 4.39. The van der Waals surface area contributed by atoms with E-state index in [1.54, 1.807) is 18.2 Å². The number of nitrogens with zero attached hydrogens (tertiary/aromatic N) is 3. The molecule has 2 aromatic rings. The molecule has 4 N–H and O–H groups in total. The summed E-state index contributed by atoms with van der Waals surface area (Å²) in [6, 6.07) is 5.69. The second-order valence-corrected chi connectivity index (χ2v) is 10.4. The largest absolute Gasteiger partial charge is 0.481 e. The Balaban J connectivity index is 2.59. The van der Waals surface area contributed by atoms with Crippen LogP contribution in [0, 0.1) is 5.82 Å². The summed E-state index contributed by atoms with van der Waals surface area (Å²) in [5.74, 6) is -1.47. The molecule has 1 aromatic heterocycles. The summed E-state index contributed by atoms with van der Waals surface area (Å²) in [6.07, 6.45) is 2.56. The van der Waals surface area contributed by atoms with Crippen molar-refractivity contribution in [3.05, 3.63) is 47.4 Å². The molecule has 0 saturated heterocycles. The molecule has 0 aliphatic carbocycles. The number of carbonyl (C=O) groups is 1. The van der Waals surface area contributed by atoms with Crippen molar-refractivity contribution in [3.8, 4) is 11.3 Å². The SMILES string of the molecule is COC(CC(=O)O)CC(O)/C=C/c1c(-c2ccc(F)cc2)nc(N(C)S(C)(O)O)nc1C(C)C. The number of hydrogen-bond acceptors (Lipinski definition) is 8. The highest BCUT2D eigenvalue weighted by Crippen LogP contribution is 2.41. The van der Waals surface area contributed by atoms with E-state index in [4.69, 9.17) is 9.84 Å². The van der Waals surface area contributed by atoms with Crippen LogP contribution in [0.1, 0.15) is 43.9 Å². The highest BCUT2D eigenvalue weighted by Gasteiger charge is 2.23. The van der Waals surface area contributed by atoms with Gasteiger partial charge in [0.25, 0.3) is 0 Å². The molecular formula is C23H32FN3O6S. The van der Waals surface area contributed by atoms with Crippen LogP contribution >= 0.6 is 10.8 Å². The van der Waals surface area contributed by atoms with E-state index in [1.165, 1.54) is 42.9 Å². The zero-order valence-electron chi connectivity index (χ0n) is 19.8. The van der Waals surface area contributed by atoms with Crippen molar-refractivity contribution in [2.45, 2.75) is 44.8 Å². The summed E-state index contributed by atoms with van der Waals surface area (Å²) in [7, 11) is -0.289. The Labute approximate surface area is 200 Å². The van der Waals surface area contributed by atoms with Gasteiger partial charge in [0.2, 0.25) is 5.95 Å². The van der Waals surface area contributed by atoms with E-state index in [-0.39, 0.29) is 24.7 Å². The van der Waals surface area contributed by atoms with Crippen molar-refractivity contribution in [1.82, 2.24) is 9.97 Å². The summed E-state index contributed by atoms with van der Waals surface area (Å²) in [5.41, 5.74) is 2.14. The van der Waals surface area contributed by atoms with Gasteiger partial charge < -0.3 is 14.9 Å². The summed E-state index contributed by atoms with van der Waals surface area (Å²) in [4.78, 5) is 20.0. The lowest BCUT2D eigenvalue weighted by atomic mass is 9.97. The molecule has 2 atom stereocenters. The van der Waals surface area contributed by atoms with Crippen LogP contribution in [0.2, 0.25) is 0 Å². The molecule has 1 aromatic carbocycles. The van der Waals surface area contributed by atoms with E-state index in [0.29, 0.717) is 22.5 Å². The van der Waals surface area contributed by atoms with Crippen LogP contribution in [-0.4, -0.2) is 67.9 Å².